The number of rotatable bonds is 2. The zero-order chi connectivity index (χ0) is 7.40. The fourth-order valence-corrected chi connectivity index (χ4v) is 1.03. The molecule has 4 heteroatoms. The van der Waals surface area contributed by atoms with Crippen LogP contribution in [0.4, 0.5) is 0 Å². The van der Waals surface area contributed by atoms with Crippen molar-refractivity contribution in [1.29, 1.82) is 0 Å². The van der Waals surface area contributed by atoms with Crippen LogP contribution in [0.3, 0.4) is 0 Å². The molecule has 0 aromatic heterocycles. The van der Waals surface area contributed by atoms with Crippen molar-refractivity contribution in [1.82, 2.24) is 0 Å². The molecule has 1 heterocycles. The SMILES string of the molecule is C[NH+]([O-])OC1CCOCC1. The molecule has 1 N–H and O–H groups in total. The highest BCUT2D eigenvalue weighted by Crippen LogP contribution is 2.07. The molecule has 0 saturated carbocycles. The number of hydrogen-bond donors (Lipinski definition) is 1. The average Bonchev–Trinajstić information content (AvgIpc) is 1.88. The molecule has 1 aliphatic heterocycles. The minimum absolute atomic E-state index is 0.103. The molecule has 1 saturated heterocycles. The van der Waals surface area contributed by atoms with Crippen LogP contribution in [0.1, 0.15) is 12.8 Å². The quantitative estimate of drug-likeness (QED) is 0.515. The maximum atomic E-state index is 10.4. The van der Waals surface area contributed by atoms with Crippen LogP contribution >= 0.6 is 0 Å². The van der Waals surface area contributed by atoms with Crippen molar-refractivity contribution in [3.05, 3.63) is 5.21 Å². The molecule has 0 bridgehead atoms. The highest BCUT2D eigenvalue weighted by Gasteiger charge is 2.16. The second-order valence-corrected chi connectivity index (χ2v) is 2.42. The lowest BCUT2D eigenvalue weighted by Crippen LogP contribution is -3.03. The third-order valence-corrected chi connectivity index (χ3v) is 1.50. The molecule has 10 heavy (non-hydrogen) atoms. The van der Waals surface area contributed by atoms with E-state index in [4.69, 9.17) is 9.57 Å². The highest BCUT2D eigenvalue weighted by molar-refractivity contribution is 4.59. The molecule has 1 rings (SSSR count). The van der Waals surface area contributed by atoms with Crippen LogP contribution in [0, 0.1) is 5.21 Å². The monoisotopic (exact) mass is 147 g/mol. The van der Waals surface area contributed by atoms with Crippen molar-refractivity contribution in [2.24, 2.45) is 0 Å². The largest absolute Gasteiger partial charge is 0.600 e. The van der Waals surface area contributed by atoms with E-state index in [1.165, 1.54) is 7.05 Å². The van der Waals surface area contributed by atoms with Crippen LogP contribution in [-0.2, 0) is 9.57 Å². The summed E-state index contributed by atoms with van der Waals surface area (Å²) in [6.45, 7) is 1.44. The van der Waals surface area contributed by atoms with Gasteiger partial charge < -0.3 is 9.94 Å². The van der Waals surface area contributed by atoms with Crippen molar-refractivity contribution in [3.63, 3.8) is 0 Å². The van der Waals surface area contributed by atoms with E-state index in [0.717, 1.165) is 26.1 Å². The van der Waals surface area contributed by atoms with Gasteiger partial charge in [-0.15, -0.1) is 0 Å². The average molecular weight is 147 g/mol. The smallest absolute Gasteiger partial charge is 0.121 e. The van der Waals surface area contributed by atoms with E-state index >= 15 is 0 Å². The van der Waals surface area contributed by atoms with Gasteiger partial charge in [-0.3, -0.25) is 0 Å². The van der Waals surface area contributed by atoms with Crippen LogP contribution in [0.25, 0.3) is 0 Å². The molecule has 1 fully saturated rings. The van der Waals surface area contributed by atoms with Crippen molar-refractivity contribution in [3.8, 4) is 0 Å². The van der Waals surface area contributed by atoms with Crippen molar-refractivity contribution in [2.45, 2.75) is 18.9 Å². The molecule has 1 atom stereocenters. The van der Waals surface area contributed by atoms with Crippen molar-refractivity contribution in [2.75, 3.05) is 20.3 Å². The molecular formula is C6H13NO3. The second kappa shape index (κ2) is 3.88. The van der Waals surface area contributed by atoms with Crippen LogP contribution < -0.4 is 5.23 Å². The topological polar surface area (TPSA) is 46.0 Å². The maximum Gasteiger partial charge on any atom is 0.121 e. The molecule has 1 unspecified atom stereocenters. The predicted molar refractivity (Wildman–Crippen MR) is 35.2 cm³/mol. The first kappa shape index (κ1) is 7.94. The fraction of sp³-hybridized carbons (Fsp3) is 1.00. The van der Waals surface area contributed by atoms with E-state index in [1.807, 2.05) is 0 Å². The van der Waals surface area contributed by atoms with Crippen LogP contribution in [0.5, 0.6) is 0 Å². The lowest BCUT2D eigenvalue weighted by molar-refractivity contribution is -1.04. The standard InChI is InChI=1S/C6H13NO3/c1-7(8)10-6-2-4-9-5-3-6/h6-7H,2-5H2,1H3. The summed E-state index contributed by atoms with van der Waals surface area (Å²) in [6, 6.07) is 0. The van der Waals surface area contributed by atoms with Gasteiger partial charge in [0.05, 0.1) is 7.05 Å². The number of nitrogens with one attached hydrogen (secondary N) is 1. The molecule has 0 spiro atoms. The van der Waals surface area contributed by atoms with E-state index in [2.05, 4.69) is 0 Å². The molecule has 1 aliphatic rings. The van der Waals surface area contributed by atoms with Gasteiger partial charge in [0, 0.05) is 26.1 Å². The van der Waals surface area contributed by atoms with Gasteiger partial charge in [-0.05, 0) is 0 Å². The first-order valence-corrected chi connectivity index (χ1v) is 3.54. The van der Waals surface area contributed by atoms with Gasteiger partial charge in [-0.25, -0.2) is 10.1 Å². The molecule has 0 aliphatic carbocycles. The Labute approximate surface area is 60.2 Å². The van der Waals surface area contributed by atoms with Crippen LogP contribution in [-0.4, -0.2) is 26.4 Å². The zero-order valence-electron chi connectivity index (χ0n) is 6.13. The van der Waals surface area contributed by atoms with Crippen LogP contribution in [0.15, 0.2) is 0 Å². The summed E-state index contributed by atoms with van der Waals surface area (Å²) in [5.41, 5.74) is 0. The third kappa shape index (κ3) is 2.62. The molecule has 0 amide bonds. The van der Waals surface area contributed by atoms with Gasteiger partial charge in [-0.1, -0.05) is 0 Å². The van der Waals surface area contributed by atoms with E-state index in [-0.39, 0.29) is 11.3 Å². The summed E-state index contributed by atoms with van der Waals surface area (Å²) in [7, 11) is 1.44. The van der Waals surface area contributed by atoms with Crippen molar-refractivity contribution >= 4 is 0 Å². The summed E-state index contributed by atoms with van der Waals surface area (Å²) in [5.74, 6) is 0. The van der Waals surface area contributed by atoms with Gasteiger partial charge in [0.2, 0.25) is 0 Å². The van der Waals surface area contributed by atoms with E-state index < -0.39 is 0 Å². The normalized spacial score (nSPS) is 24.6. The Morgan fingerprint density at radius 3 is 2.60 bits per heavy atom. The maximum absolute atomic E-state index is 10.4. The van der Waals surface area contributed by atoms with E-state index in [0.29, 0.717) is 0 Å². The van der Waals surface area contributed by atoms with E-state index in [1.54, 1.807) is 0 Å². The lowest BCUT2D eigenvalue weighted by atomic mass is 10.2. The number of quaternary nitrogens is 1. The summed E-state index contributed by atoms with van der Waals surface area (Å²) >= 11 is 0. The molecule has 0 radical (unpaired) electrons. The molecule has 0 aromatic carbocycles. The van der Waals surface area contributed by atoms with Gasteiger partial charge in [0.1, 0.15) is 6.10 Å². The Bertz CT molecular complexity index is 91.0. The first-order valence-electron chi connectivity index (χ1n) is 3.54. The molecule has 0 aromatic rings. The summed E-state index contributed by atoms with van der Waals surface area (Å²) in [4.78, 5) is 4.97. The fourth-order valence-electron chi connectivity index (χ4n) is 1.03. The minimum atomic E-state index is -0.188. The third-order valence-electron chi connectivity index (χ3n) is 1.50. The Morgan fingerprint density at radius 1 is 1.50 bits per heavy atom. The summed E-state index contributed by atoms with van der Waals surface area (Å²) < 4.78 is 5.09. The van der Waals surface area contributed by atoms with Gasteiger partial charge in [0.15, 0.2) is 0 Å². The lowest BCUT2D eigenvalue weighted by Gasteiger charge is -2.24. The number of hydroxylamine groups is 2. The predicted octanol–water partition coefficient (Wildman–Crippen LogP) is -0.890. The van der Waals surface area contributed by atoms with Crippen LogP contribution in [0.2, 0.25) is 0 Å². The Morgan fingerprint density at radius 2 is 2.10 bits per heavy atom. The van der Waals surface area contributed by atoms with Gasteiger partial charge in [-0.2, -0.15) is 0 Å². The highest BCUT2D eigenvalue weighted by atomic mass is 16.9. The Hall–Kier alpha value is -0.160. The minimum Gasteiger partial charge on any atom is -0.600 e. The molecular weight excluding hydrogens is 134 g/mol. The number of hydrogen-bond acceptors (Lipinski definition) is 3. The Balaban J connectivity index is 2.13. The zero-order valence-corrected chi connectivity index (χ0v) is 6.13. The number of ether oxygens (including phenoxy) is 1. The molecule has 4 nitrogen and oxygen atoms in total. The summed E-state index contributed by atoms with van der Waals surface area (Å²) in [6.07, 6.45) is 1.80. The molecule has 60 valence electrons. The Kier molecular flexibility index (Phi) is 3.08. The summed E-state index contributed by atoms with van der Waals surface area (Å²) in [5, 5.41) is 10.3. The van der Waals surface area contributed by atoms with Crippen molar-refractivity contribution < 1.29 is 14.8 Å². The van der Waals surface area contributed by atoms with Gasteiger partial charge >= 0.3 is 0 Å². The second-order valence-electron chi connectivity index (χ2n) is 2.42. The first-order chi connectivity index (χ1) is 4.79. The van der Waals surface area contributed by atoms with E-state index in [9.17, 15) is 5.21 Å². The van der Waals surface area contributed by atoms with Gasteiger partial charge in [0.25, 0.3) is 0 Å².